The average Bonchev–Trinajstić information content (AvgIpc) is 2.87. The molecule has 0 aromatic carbocycles. The number of fused-ring (bicyclic) bond motifs is 1. The molecule has 34 heavy (non-hydrogen) atoms. The predicted molar refractivity (Wildman–Crippen MR) is 135 cm³/mol. The Hall–Kier alpha value is -1.40. The highest BCUT2D eigenvalue weighted by atomic mass is 32.2. The first-order valence-electron chi connectivity index (χ1n) is 11.2. The zero-order valence-electron chi connectivity index (χ0n) is 21.2. The van der Waals surface area contributed by atoms with E-state index in [1.807, 2.05) is 13.8 Å². The van der Waals surface area contributed by atoms with Gasteiger partial charge in [0, 0.05) is 23.8 Å². The van der Waals surface area contributed by atoms with Crippen molar-refractivity contribution in [3.8, 4) is 0 Å². The summed E-state index contributed by atoms with van der Waals surface area (Å²) in [6.45, 7) is 12.4. The summed E-state index contributed by atoms with van der Waals surface area (Å²) in [5, 5.41) is 11.4. The molecule has 12 heteroatoms. The largest absolute Gasteiger partial charge is 0.480 e. The topological polar surface area (TPSA) is 116 Å². The number of nitrogens with zero attached hydrogens (tertiary/aromatic N) is 2. The van der Waals surface area contributed by atoms with E-state index in [4.69, 9.17) is 4.74 Å². The maximum Gasteiger partial charge on any atom is 0.420 e. The lowest BCUT2D eigenvalue weighted by atomic mass is 9.84. The summed E-state index contributed by atoms with van der Waals surface area (Å²) in [6, 6.07) is -0.934. The lowest BCUT2D eigenvalue weighted by Gasteiger charge is -2.36. The van der Waals surface area contributed by atoms with Crippen molar-refractivity contribution in [3.63, 3.8) is 0 Å². The molecule has 2 fully saturated rings. The molecule has 0 spiro atoms. The predicted octanol–water partition coefficient (Wildman–Crippen LogP) is 2.90. The summed E-state index contributed by atoms with van der Waals surface area (Å²) in [5.74, 6) is -1.06. The van der Waals surface area contributed by atoms with Crippen LogP contribution in [0.15, 0.2) is 0 Å². The summed E-state index contributed by atoms with van der Waals surface area (Å²) in [7, 11) is 5.16. The van der Waals surface area contributed by atoms with Gasteiger partial charge in [0.05, 0.1) is 10.4 Å². The van der Waals surface area contributed by atoms with Crippen LogP contribution in [-0.4, -0.2) is 89.5 Å². The van der Waals surface area contributed by atoms with Crippen LogP contribution in [0.25, 0.3) is 0 Å². The van der Waals surface area contributed by atoms with Crippen LogP contribution in [0.2, 0.25) is 5.04 Å². The number of carboxylic acids is 1. The molecule has 2 heterocycles. The standard InChI is InChI=1S/C22H36N3O6S2Si/c1-19(2,3)31-18(30)24(8)33-21(6,7)16(28)23-12-22(34)9-10-32-13-11-20(4,5)14(15(26)27)25(13)17(22)29/h13-14H,9-12H2,1-8H3,(H,23,28)(H,26,27)/t13-,14+,22?/m0/s1. The Morgan fingerprint density at radius 3 is 2.41 bits per heavy atom. The monoisotopic (exact) mass is 530 g/mol. The lowest BCUT2D eigenvalue weighted by molar-refractivity contribution is -0.152. The van der Waals surface area contributed by atoms with Crippen molar-refractivity contribution in [2.45, 2.75) is 88.1 Å². The molecule has 2 rings (SSSR count). The third-order valence-corrected chi connectivity index (χ3v) is 8.78. The van der Waals surface area contributed by atoms with Gasteiger partial charge in [0.2, 0.25) is 11.8 Å². The van der Waals surface area contributed by atoms with Crippen molar-refractivity contribution in [1.29, 1.82) is 0 Å². The van der Waals surface area contributed by atoms with Crippen molar-refractivity contribution >= 4 is 57.8 Å². The number of carbonyl (C=O) groups excluding carboxylic acids is 3. The second-order valence-corrected chi connectivity index (χ2v) is 15.1. The van der Waals surface area contributed by atoms with Crippen LogP contribution in [0, 0.1) is 5.41 Å². The molecule has 0 aromatic heterocycles. The molecular formula is C22H36N3O6S2Si. The Morgan fingerprint density at radius 1 is 1.29 bits per heavy atom. The van der Waals surface area contributed by atoms with Crippen LogP contribution in [-0.2, 0) is 19.1 Å². The third-order valence-electron chi connectivity index (χ3n) is 5.86. The smallest absolute Gasteiger partial charge is 0.420 e. The Labute approximate surface area is 214 Å². The van der Waals surface area contributed by atoms with Crippen LogP contribution in [0.5, 0.6) is 0 Å². The molecule has 2 aliphatic rings. The van der Waals surface area contributed by atoms with E-state index in [9.17, 15) is 24.3 Å². The van der Waals surface area contributed by atoms with Crippen molar-refractivity contribution in [3.05, 3.63) is 0 Å². The molecule has 0 saturated carbocycles. The highest BCUT2D eigenvalue weighted by Gasteiger charge is 2.56. The highest BCUT2D eigenvalue weighted by Crippen LogP contribution is 2.50. The molecule has 2 aliphatic heterocycles. The molecule has 1 unspecified atom stereocenters. The van der Waals surface area contributed by atoms with E-state index in [0.29, 0.717) is 18.6 Å². The normalized spacial score (nSPS) is 27.0. The first-order valence-corrected chi connectivity index (χ1v) is 13.5. The Balaban J connectivity index is 2.11. The number of thioether (sulfide) groups is 1. The van der Waals surface area contributed by atoms with Gasteiger partial charge in [-0.25, -0.2) is 9.59 Å². The zero-order valence-corrected chi connectivity index (χ0v) is 23.8. The van der Waals surface area contributed by atoms with Crippen LogP contribution < -0.4 is 5.32 Å². The molecule has 2 N–H and O–H groups in total. The number of rotatable bonds is 6. The minimum absolute atomic E-state index is 0.00174. The maximum absolute atomic E-state index is 13.6. The molecule has 3 amide bonds. The number of amides is 3. The molecular weight excluding hydrogens is 494 g/mol. The molecule has 191 valence electrons. The minimum Gasteiger partial charge on any atom is -0.480 e. The van der Waals surface area contributed by atoms with E-state index < -0.39 is 38.9 Å². The van der Waals surface area contributed by atoms with Crippen LogP contribution in [0.3, 0.4) is 0 Å². The molecule has 3 atom stereocenters. The van der Waals surface area contributed by atoms with Crippen molar-refractivity contribution in [1.82, 2.24) is 14.5 Å². The second kappa shape index (κ2) is 9.92. The van der Waals surface area contributed by atoms with Crippen LogP contribution in [0.4, 0.5) is 4.79 Å². The van der Waals surface area contributed by atoms with Crippen molar-refractivity contribution < 1.29 is 29.0 Å². The van der Waals surface area contributed by atoms with Crippen LogP contribution >= 0.6 is 23.7 Å². The summed E-state index contributed by atoms with van der Waals surface area (Å²) in [4.78, 5) is 52.4. The fraction of sp³-hybridized carbons (Fsp3) is 0.818. The number of hydrogen-bond donors (Lipinski definition) is 2. The molecule has 9 nitrogen and oxygen atoms in total. The Kier molecular flexibility index (Phi) is 8.41. The number of aliphatic carboxylic acids is 1. The van der Waals surface area contributed by atoms with Gasteiger partial charge in [-0.05, 0) is 70.6 Å². The summed E-state index contributed by atoms with van der Waals surface area (Å²) >= 11 is 2.60. The van der Waals surface area contributed by atoms with E-state index in [2.05, 4.69) is 15.6 Å². The van der Waals surface area contributed by atoms with E-state index in [1.165, 1.54) is 16.3 Å². The van der Waals surface area contributed by atoms with Gasteiger partial charge in [0.15, 0.2) is 0 Å². The summed E-state index contributed by atoms with van der Waals surface area (Å²) in [5.41, 5.74) is -1.22. The van der Waals surface area contributed by atoms with Crippen molar-refractivity contribution in [2.24, 2.45) is 5.41 Å². The summed E-state index contributed by atoms with van der Waals surface area (Å²) < 4.78 is 5.58. The fourth-order valence-corrected chi connectivity index (χ4v) is 7.26. The van der Waals surface area contributed by atoms with Crippen molar-refractivity contribution in [2.75, 3.05) is 19.3 Å². The number of hydrogen-bond acceptors (Lipinski definition) is 7. The molecule has 0 bridgehead atoms. The Bertz CT molecular complexity index is 847. The minimum atomic E-state index is -1.12. The molecule has 0 aliphatic carbocycles. The maximum atomic E-state index is 13.6. The molecule has 3 radical (unpaired) electrons. The van der Waals surface area contributed by atoms with Gasteiger partial charge >= 0.3 is 12.1 Å². The second-order valence-electron chi connectivity index (χ2n) is 11.1. The number of carbonyl (C=O) groups is 4. The molecule has 2 saturated heterocycles. The van der Waals surface area contributed by atoms with Gasteiger partial charge in [0.1, 0.15) is 16.4 Å². The van der Waals surface area contributed by atoms with Gasteiger partial charge in [0.25, 0.3) is 0 Å². The van der Waals surface area contributed by atoms with Crippen LogP contribution in [0.1, 0.15) is 61.3 Å². The zero-order chi connectivity index (χ0) is 26.3. The molecule has 0 aromatic rings. The Morgan fingerprint density at radius 2 is 1.88 bits per heavy atom. The highest BCUT2D eigenvalue weighted by molar-refractivity contribution is 8.00. The fourth-order valence-electron chi connectivity index (χ4n) is 4.12. The number of carboxylic acid groups (broad SMARTS) is 1. The van der Waals surface area contributed by atoms with Gasteiger partial charge in [-0.15, -0.1) is 11.8 Å². The third kappa shape index (κ3) is 6.42. The van der Waals surface area contributed by atoms with E-state index in [-0.39, 0.29) is 23.7 Å². The SMILES string of the molecule is CN(SC(C)(C)C(=O)NCC1([Si])CCS[C@H]2CC(C)(C)[C@@H](C(=O)O)N2C1=O)C(=O)OC(C)(C)C. The lowest BCUT2D eigenvalue weighted by Crippen LogP contribution is -2.54. The quantitative estimate of drug-likeness (QED) is 0.398. The van der Waals surface area contributed by atoms with E-state index in [0.717, 1.165) is 11.9 Å². The average molecular weight is 531 g/mol. The number of nitrogens with one attached hydrogen (secondary N) is 1. The van der Waals surface area contributed by atoms with Gasteiger partial charge in [-0.1, -0.05) is 13.8 Å². The number of ether oxygens (including phenoxy) is 1. The van der Waals surface area contributed by atoms with E-state index in [1.54, 1.807) is 46.4 Å². The van der Waals surface area contributed by atoms with E-state index >= 15 is 0 Å². The first-order chi connectivity index (χ1) is 15.3. The van der Waals surface area contributed by atoms with Gasteiger partial charge in [-0.3, -0.25) is 13.9 Å². The first kappa shape index (κ1) is 28.8. The summed E-state index contributed by atoms with van der Waals surface area (Å²) in [6.07, 6.45) is 0.475. The van der Waals surface area contributed by atoms with Gasteiger partial charge < -0.3 is 20.1 Å². The van der Waals surface area contributed by atoms with Gasteiger partial charge in [-0.2, -0.15) is 0 Å².